The largest absolute Gasteiger partial charge is 0.383 e. The van der Waals surface area contributed by atoms with Crippen LogP contribution in [0, 0.1) is 0 Å². The SMILES string of the molecule is CC(C)Nc1ccc(C(C)C=O)cc1. The topological polar surface area (TPSA) is 29.1 Å². The molecule has 1 unspecified atom stereocenters. The predicted molar refractivity (Wildman–Crippen MR) is 59.7 cm³/mol. The minimum Gasteiger partial charge on any atom is -0.383 e. The molecule has 0 aliphatic heterocycles. The van der Waals surface area contributed by atoms with Crippen LogP contribution >= 0.6 is 0 Å². The molecule has 1 atom stereocenters. The summed E-state index contributed by atoms with van der Waals surface area (Å²) in [5, 5.41) is 3.30. The Morgan fingerprint density at radius 3 is 2.14 bits per heavy atom. The van der Waals surface area contributed by atoms with Gasteiger partial charge >= 0.3 is 0 Å². The van der Waals surface area contributed by atoms with E-state index in [0.717, 1.165) is 17.5 Å². The first kappa shape index (κ1) is 10.8. The van der Waals surface area contributed by atoms with Gasteiger partial charge < -0.3 is 10.1 Å². The van der Waals surface area contributed by atoms with E-state index < -0.39 is 0 Å². The molecule has 0 saturated heterocycles. The van der Waals surface area contributed by atoms with E-state index in [9.17, 15) is 4.79 Å². The second-order valence-corrected chi connectivity index (χ2v) is 3.85. The molecule has 0 spiro atoms. The summed E-state index contributed by atoms with van der Waals surface area (Å²) < 4.78 is 0. The Labute approximate surface area is 85.3 Å². The number of aldehydes is 1. The van der Waals surface area contributed by atoms with E-state index in [1.807, 2.05) is 31.2 Å². The van der Waals surface area contributed by atoms with Crippen LogP contribution in [0.15, 0.2) is 24.3 Å². The van der Waals surface area contributed by atoms with Gasteiger partial charge in [-0.25, -0.2) is 0 Å². The van der Waals surface area contributed by atoms with Gasteiger partial charge in [0.05, 0.1) is 0 Å². The fourth-order valence-corrected chi connectivity index (χ4v) is 1.29. The first-order chi connectivity index (χ1) is 6.63. The maximum atomic E-state index is 10.6. The predicted octanol–water partition coefficient (Wildman–Crippen LogP) is 2.81. The Bertz CT molecular complexity index is 290. The summed E-state index contributed by atoms with van der Waals surface area (Å²) in [6.07, 6.45) is 0.963. The molecular formula is C12H17NO. The van der Waals surface area contributed by atoms with Crippen molar-refractivity contribution in [3.63, 3.8) is 0 Å². The third-order valence-electron chi connectivity index (χ3n) is 2.10. The van der Waals surface area contributed by atoms with E-state index in [1.54, 1.807) is 0 Å². The standard InChI is InChI=1S/C12H17NO/c1-9(2)13-12-6-4-11(5-7-12)10(3)8-14/h4-10,13H,1-3H3. The van der Waals surface area contributed by atoms with Crippen LogP contribution in [0.3, 0.4) is 0 Å². The van der Waals surface area contributed by atoms with Crippen molar-refractivity contribution in [3.05, 3.63) is 29.8 Å². The number of hydrogen-bond acceptors (Lipinski definition) is 2. The zero-order valence-electron chi connectivity index (χ0n) is 8.95. The molecule has 0 aromatic heterocycles. The maximum Gasteiger partial charge on any atom is 0.127 e. The minimum absolute atomic E-state index is 0.0110. The lowest BCUT2D eigenvalue weighted by Crippen LogP contribution is -2.09. The van der Waals surface area contributed by atoms with Gasteiger partial charge in [-0.15, -0.1) is 0 Å². The van der Waals surface area contributed by atoms with Crippen molar-refractivity contribution in [3.8, 4) is 0 Å². The fourth-order valence-electron chi connectivity index (χ4n) is 1.29. The number of rotatable bonds is 4. The first-order valence-electron chi connectivity index (χ1n) is 4.95. The Morgan fingerprint density at radius 1 is 1.14 bits per heavy atom. The van der Waals surface area contributed by atoms with E-state index in [-0.39, 0.29) is 5.92 Å². The molecule has 0 aliphatic rings. The van der Waals surface area contributed by atoms with Crippen LogP contribution in [0.5, 0.6) is 0 Å². The molecule has 2 nitrogen and oxygen atoms in total. The number of carbonyl (C=O) groups excluding carboxylic acids is 1. The zero-order valence-corrected chi connectivity index (χ0v) is 8.95. The van der Waals surface area contributed by atoms with Crippen LogP contribution < -0.4 is 5.32 Å². The van der Waals surface area contributed by atoms with Gasteiger partial charge in [-0.2, -0.15) is 0 Å². The molecule has 0 heterocycles. The van der Waals surface area contributed by atoms with E-state index >= 15 is 0 Å². The molecule has 2 heteroatoms. The Kier molecular flexibility index (Phi) is 3.69. The number of benzene rings is 1. The molecule has 1 aromatic rings. The second-order valence-electron chi connectivity index (χ2n) is 3.85. The van der Waals surface area contributed by atoms with Crippen LogP contribution in [0.25, 0.3) is 0 Å². The summed E-state index contributed by atoms with van der Waals surface area (Å²) in [4.78, 5) is 10.6. The van der Waals surface area contributed by atoms with Gasteiger partial charge in [0.15, 0.2) is 0 Å². The van der Waals surface area contributed by atoms with Gasteiger partial charge in [0.25, 0.3) is 0 Å². The van der Waals surface area contributed by atoms with Gasteiger partial charge in [-0.05, 0) is 31.5 Å². The molecule has 1 rings (SSSR count). The van der Waals surface area contributed by atoms with Gasteiger partial charge in [0.2, 0.25) is 0 Å². The molecule has 0 amide bonds. The van der Waals surface area contributed by atoms with Gasteiger partial charge in [-0.1, -0.05) is 19.1 Å². The van der Waals surface area contributed by atoms with Crippen molar-refractivity contribution in [1.82, 2.24) is 0 Å². The third-order valence-corrected chi connectivity index (χ3v) is 2.10. The van der Waals surface area contributed by atoms with Crippen molar-refractivity contribution in [1.29, 1.82) is 0 Å². The molecule has 1 N–H and O–H groups in total. The van der Waals surface area contributed by atoms with Crippen molar-refractivity contribution >= 4 is 12.0 Å². The number of hydrogen-bond donors (Lipinski definition) is 1. The summed E-state index contributed by atoms with van der Waals surface area (Å²) in [7, 11) is 0. The van der Waals surface area contributed by atoms with Gasteiger partial charge in [0.1, 0.15) is 6.29 Å². The van der Waals surface area contributed by atoms with Crippen molar-refractivity contribution in [2.75, 3.05) is 5.32 Å². The highest BCUT2D eigenvalue weighted by Crippen LogP contribution is 2.16. The Balaban J connectivity index is 2.73. The quantitative estimate of drug-likeness (QED) is 0.741. The molecule has 0 fully saturated rings. The molecule has 0 saturated carbocycles. The van der Waals surface area contributed by atoms with E-state index in [0.29, 0.717) is 6.04 Å². The van der Waals surface area contributed by atoms with Crippen LogP contribution in [0.4, 0.5) is 5.69 Å². The summed E-state index contributed by atoms with van der Waals surface area (Å²) in [5.74, 6) is -0.0110. The zero-order chi connectivity index (χ0) is 10.6. The summed E-state index contributed by atoms with van der Waals surface area (Å²) in [6.45, 7) is 6.10. The highest BCUT2D eigenvalue weighted by Gasteiger charge is 2.02. The van der Waals surface area contributed by atoms with Crippen molar-refractivity contribution in [2.24, 2.45) is 0 Å². The van der Waals surface area contributed by atoms with Crippen LogP contribution in [-0.4, -0.2) is 12.3 Å². The maximum absolute atomic E-state index is 10.6. The lowest BCUT2D eigenvalue weighted by molar-refractivity contribution is -0.108. The van der Waals surface area contributed by atoms with Crippen LogP contribution in [0.2, 0.25) is 0 Å². The average Bonchev–Trinajstić information content (AvgIpc) is 2.17. The Hall–Kier alpha value is -1.31. The normalized spacial score (nSPS) is 12.6. The van der Waals surface area contributed by atoms with Crippen LogP contribution in [-0.2, 0) is 4.79 Å². The first-order valence-corrected chi connectivity index (χ1v) is 4.95. The summed E-state index contributed by atoms with van der Waals surface area (Å²) >= 11 is 0. The fraction of sp³-hybridized carbons (Fsp3) is 0.417. The van der Waals surface area contributed by atoms with Crippen LogP contribution in [0.1, 0.15) is 32.3 Å². The van der Waals surface area contributed by atoms with Gasteiger partial charge in [-0.3, -0.25) is 0 Å². The molecule has 0 radical (unpaired) electrons. The molecule has 0 aliphatic carbocycles. The summed E-state index contributed by atoms with van der Waals surface area (Å²) in [6, 6.07) is 8.43. The molecule has 1 aromatic carbocycles. The van der Waals surface area contributed by atoms with Gasteiger partial charge in [0, 0.05) is 17.6 Å². The molecule has 14 heavy (non-hydrogen) atoms. The monoisotopic (exact) mass is 191 g/mol. The van der Waals surface area contributed by atoms with E-state index in [2.05, 4.69) is 19.2 Å². The lowest BCUT2D eigenvalue weighted by Gasteiger charge is -2.11. The summed E-state index contributed by atoms with van der Waals surface area (Å²) in [5.41, 5.74) is 2.16. The smallest absolute Gasteiger partial charge is 0.127 e. The van der Waals surface area contributed by atoms with Crippen molar-refractivity contribution in [2.45, 2.75) is 32.7 Å². The number of carbonyl (C=O) groups is 1. The Morgan fingerprint density at radius 2 is 1.71 bits per heavy atom. The number of nitrogens with one attached hydrogen (secondary N) is 1. The van der Waals surface area contributed by atoms with E-state index in [1.165, 1.54) is 0 Å². The van der Waals surface area contributed by atoms with Crippen molar-refractivity contribution < 1.29 is 4.79 Å². The highest BCUT2D eigenvalue weighted by molar-refractivity contribution is 5.62. The molecular weight excluding hydrogens is 174 g/mol. The number of anilines is 1. The second kappa shape index (κ2) is 4.80. The highest BCUT2D eigenvalue weighted by atomic mass is 16.1. The molecule has 76 valence electrons. The average molecular weight is 191 g/mol. The minimum atomic E-state index is -0.0110. The lowest BCUT2D eigenvalue weighted by atomic mass is 10.0. The third kappa shape index (κ3) is 2.87. The van der Waals surface area contributed by atoms with E-state index in [4.69, 9.17) is 0 Å². The molecule has 0 bridgehead atoms.